The molecular formula is C24H30IN5O. The van der Waals surface area contributed by atoms with E-state index in [1.807, 2.05) is 30.3 Å². The Morgan fingerprint density at radius 1 is 1.10 bits per heavy atom. The Labute approximate surface area is 201 Å². The molecule has 0 amide bonds. The number of benzene rings is 2. The normalized spacial score (nSPS) is 16.7. The molecule has 0 saturated carbocycles. The summed E-state index contributed by atoms with van der Waals surface area (Å²) in [5.74, 6) is 1.42. The van der Waals surface area contributed by atoms with Gasteiger partial charge in [-0.05, 0) is 37.1 Å². The highest BCUT2D eigenvalue weighted by atomic mass is 127. The molecule has 1 atom stereocenters. The van der Waals surface area contributed by atoms with Crippen LogP contribution in [0.4, 0.5) is 0 Å². The largest absolute Gasteiger partial charge is 0.444 e. The molecule has 4 rings (SSSR count). The van der Waals surface area contributed by atoms with Crippen LogP contribution < -0.4 is 10.6 Å². The minimum Gasteiger partial charge on any atom is -0.444 e. The molecule has 1 fully saturated rings. The van der Waals surface area contributed by atoms with Crippen LogP contribution in [0.1, 0.15) is 24.1 Å². The Hall–Kier alpha value is -2.39. The number of halogens is 1. The molecule has 1 unspecified atom stereocenters. The first kappa shape index (κ1) is 23.3. The van der Waals surface area contributed by atoms with Crippen molar-refractivity contribution in [3.63, 3.8) is 0 Å². The number of hydrogen-bond donors (Lipinski definition) is 2. The van der Waals surface area contributed by atoms with Crippen molar-refractivity contribution in [1.82, 2.24) is 20.5 Å². The van der Waals surface area contributed by atoms with E-state index < -0.39 is 0 Å². The number of hydrogen-bond acceptors (Lipinski definition) is 4. The van der Waals surface area contributed by atoms with E-state index in [2.05, 4.69) is 55.8 Å². The van der Waals surface area contributed by atoms with Crippen LogP contribution in [0.2, 0.25) is 0 Å². The Kier molecular flexibility index (Phi) is 8.90. The van der Waals surface area contributed by atoms with Gasteiger partial charge in [0.1, 0.15) is 6.26 Å². The summed E-state index contributed by atoms with van der Waals surface area (Å²) in [6, 6.07) is 21.1. The van der Waals surface area contributed by atoms with Gasteiger partial charge in [-0.2, -0.15) is 0 Å². The van der Waals surface area contributed by atoms with Gasteiger partial charge in [0.15, 0.2) is 5.96 Å². The molecule has 6 nitrogen and oxygen atoms in total. The molecule has 0 aliphatic carbocycles. The van der Waals surface area contributed by atoms with E-state index in [1.54, 1.807) is 13.3 Å². The second-order valence-corrected chi connectivity index (χ2v) is 7.57. The maximum Gasteiger partial charge on any atom is 0.226 e. The summed E-state index contributed by atoms with van der Waals surface area (Å²) >= 11 is 0. The highest BCUT2D eigenvalue weighted by molar-refractivity contribution is 14.0. The fraction of sp³-hybridized carbons (Fsp3) is 0.333. The smallest absolute Gasteiger partial charge is 0.226 e. The molecule has 1 aliphatic rings. The van der Waals surface area contributed by atoms with Crippen LogP contribution in [0.3, 0.4) is 0 Å². The first-order valence-corrected chi connectivity index (χ1v) is 10.5. The van der Waals surface area contributed by atoms with Gasteiger partial charge in [0, 0.05) is 31.7 Å². The van der Waals surface area contributed by atoms with E-state index in [0.29, 0.717) is 18.5 Å². The average molecular weight is 531 g/mol. The second-order valence-electron chi connectivity index (χ2n) is 7.57. The molecule has 31 heavy (non-hydrogen) atoms. The molecule has 2 aromatic carbocycles. The standard InChI is InChI=1S/C24H29N5O.HI/c1-25-24(26-15-21-18-30-23(28-21)20-11-6-3-7-12-20)27-16-22-13-8-14-29(22)17-19-9-4-2-5-10-19;/h2-7,9-12,18,22H,8,13-17H2,1H3,(H2,25,26,27);1H. The summed E-state index contributed by atoms with van der Waals surface area (Å²) in [6.07, 6.45) is 4.15. The highest BCUT2D eigenvalue weighted by Gasteiger charge is 2.24. The predicted molar refractivity (Wildman–Crippen MR) is 135 cm³/mol. The van der Waals surface area contributed by atoms with Gasteiger partial charge in [-0.3, -0.25) is 9.89 Å². The van der Waals surface area contributed by atoms with Crippen molar-refractivity contribution in [2.24, 2.45) is 4.99 Å². The van der Waals surface area contributed by atoms with Gasteiger partial charge in [0.25, 0.3) is 0 Å². The van der Waals surface area contributed by atoms with Crippen LogP contribution in [0.25, 0.3) is 11.5 Å². The molecule has 0 bridgehead atoms. The van der Waals surface area contributed by atoms with E-state index in [0.717, 1.165) is 36.9 Å². The molecule has 164 valence electrons. The lowest BCUT2D eigenvalue weighted by molar-refractivity contribution is 0.245. The number of nitrogens with zero attached hydrogens (tertiary/aromatic N) is 3. The number of nitrogens with one attached hydrogen (secondary N) is 2. The van der Waals surface area contributed by atoms with Crippen molar-refractivity contribution >= 4 is 29.9 Å². The molecule has 0 spiro atoms. The summed E-state index contributed by atoms with van der Waals surface area (Å²) in [6.45, 7) is 3.59. The van der Waals surface area contributed by atoms with Gasteiger partial charge in [-0.15, -0.1) is 24.0 Å². The number of oxazole rings is 1. The summed E-state index contributed by atoms with van der Waals surface area (Å²) in [7, 11) is 1.80. The van der Waals surface area contributed by atoms with E-state index in [1.165, 1.54) is 18.4 Å². The zero-order valence-corrected chi connectivity index (χ0v) is 20.2. The molecular weight excluding hydrogens is 501 g/mol. The lowest BCUT2D eigenvalue weighted by atomic mass is 10.2. The van der Waals surface area contributed by atoms with Crippen LogP contribution in [-0.2, 0) is 13.1 Å². The number of rotatable bonds is 7. The lowest BCUT2D eigenvalue weighted by Gasteiger charge is -2.25. The molecule has 0 radical (unpaired) electrons. The quantitative estimate of drug-likeness (QED) is 0.271. The van der Waals surface area contributed by atoms with Crippen molar-refractivity contribution in [1.29, 1.82) is 0 Å². The fourth-order valence-corrected chi connectivity index (χ4v) is 3.86. The molecule has 7 heteroatoms. The van der Waals surface area contributed by atoms with Crippen molar-refractivity contribution in [2.75, 3.05) is 20.1 Å². The molecule has 2 heterocycles. The monoisotopic (exact) mass is 531 g/mol. The summed E-state index contributed by atoms with van der Waals surface area (Å²) in [5.41, 5.74) is 3.20. The zero-order chi connectivity index (χ0) is 20.6. The Bertz CT molecular complexity index is 945. The first-order chi connectivity index (χ1) is 14.8. The van der Waals surface area contributed by atoms with E-state index in [4.69, 9.17) is 4.42 Å². The van der Waals surface area contributed by atoms with Gasteiger partial charge < -0.3 is 15.1 Å². The predicted octanol–water partition coefficient (Wildman–Crippen LogP) is 4.29. The second kappa shape index (κ2) is 11.9. The maximum atomic E-state index is 5.61. The third-order valence-electron chi connectivity index (χ3n) is 5.47. The first-order valence-electron chi connectivity index (χ1n) is 10.5. The van der Waals surface area contributed by atoms with Crippen LogP contribution in [0.15, 0.2) is 76.3 Å². The van der Waals surface area contributed by atoms with Gasteiger partial charge in [-0.25, -0.2) is 4.98 Å². The maximum absolute atomic E-state index is 5.61. The molecule has 3 aromatic rings. The minimum absolute atomic E-state index is 0. The third-order valence-corrected chi connectivity index (χ3v) is 5.47. The summed E-state index contributed by atoms with van der Waals surface area (Å²) in [4.78, 5) is 11.5. The number of likely N-dealkylation sites (tertiary alicyclic amines) is 1. The average Bonchev–Trinajstić information content (AvgIpc) is 3.45. The van der Waals surface area contributed by atoms with Crippen molar-refractivity contribution in [2.45, 2.75) is 32.0 Å². The molecule has 1 aromatic heterocycles. The van der Waals surface area contributed by atoms with Crippen molar-refractivity contribution < 1.29 is 4.42 Å². The third kappa shape index (κ3) is 6.54. The zero-order valence-electron chi connectivity index (χ0n) is 17.8. The van der Waals surface area contributed by atoms with Crippen molar-refractivity contribution in [3.05, 3.63) is 78.2 Å². The molecule has 1 saturated heterocycles. The topological polar surface area (TPSA) is 65.7 Å². The van der Waals surface area contributed by atoms with Crippen molar-refractivity contribution in [3.8, 4) is 11.5 Å². The molecule has 2 N–H and O–H groups in total. The van der Waals surface area contributed by atoms with Crippen LogP contribution >= 0.6 is 24.0 Å². The number of guanidine groups is 1. The summed E-state index contributed by atoms with van der Waals surface area (Å²) < 4.78 is 5.61. The van der Waals surface area contributed by atoms with Gasteiger partial charge >= 0.3 is 0 Å². The number of aromatic nitrogens is 1. The number of aliphatic imine (C=N–C) groups is 1. The van der Waals surface area contributed by atoms with Gasteiger partial charge in [-0.1, -0.05) is 48.5 Å². The minimum atomic E-state index is 0. The van der Waals surface area contributed by atoms with E-state index in [-0.39, 0.29) is 24.0 Å². The van der Waals surface area contributed by atoms with E-state index in [9.17, 15) is 0 Å². The fourth-order valence-electron chi connectivity index (χ4n) is 3.86. The Balaban J connectivity index is 0.00000272. The Morgan fingerprint density at radius 3 is 2.58 bits per heavy atom. The SMILES string of the molecule is CN=C(NCc1coc(-c2ccccc2)n1)NCC1CCCN1Cc1ccccc1.I. The van der Waals surface area contributed by atoms with Crippen LogP contribution in [0.5, 0.6) is 0 Å². The van der Waals surface area contributed by atoms with Crippen LogP contribution in [0, 0.1) is 0 Å². The Morgan fingerprint density at radius 2 is 1.84 bits per heavy atom. The highest BCUT2D eigenvalue weighted by Crippen LogP contribution is 2.20. The summed E-state index contributed by atoms with van der Waals surface area (Å²) in [5, 5.41) is 6.81. The van der Waals surface area contributed by atoms with Gasteiger partial charge in [0.05, 0.1) is 12.2 Å². The van der Waals surface area contributed by atoms with Gasteiger partial charge in [0.2, 0.25) is 5.89 Å². The van der Waals surface area contributed by atoms with Crippen LogP contribution in [-0.4, -0.2) is 42.0 Å². The lowest BCUT2D eigenvalue weighted by Crippen LogP contribution is -2.44. The van der Waals surface area contributed by atoms with E-state index >= 15 is 0 Å². The molecule has 1 aliphatic heterocycles.